The third-order valence-electron chi connectivity index (χ3n) is 8.51. The van der Waals surface area contributed by atoms with Crippen molar-refractivity contribution in [1.29, 1.82) is 0 Å². The Hall–Kier alpha value is -3.90. The van der Waals surface area contributed by atoms with E-state index in [4.69, 9.17) is 0 Å². The second-order valence-corrected chi connectivity index (χ2v) is 11.3. The first-order chi connectivity index (χ1) is 19.8. The topological polar surface area (TPSA) is 0 Å². The van der Waals surface area contributed by atoms with Crippen molar-refractivity contribution in [2.45, 2.75) is 65.2 Å². The quantitative estimate of drug-likeness (QED) is 0.124. The molecule has 40 heavy (non-hydrogen) atoms. The fourth-order valence-corrected chi connectivity index (χ4v) is 6.33. The summed E-state index contributed by atoms with van der Waals surface area (Å²) in [5.74, 6) is 0. The summed E-state index contributed by atoms with van der Waals surface area (Å²) in [6.07, 6.45) is 9.97. The van der Waals surface area contributed by atoms with E-state index >= 15 is 0 Å². The van der Waals surface area contributed by atoms with E-state index in [1.807, 2.05) is 0 Å². The molecule has 0 nitrogen and oxygen atoms in total. The fourth-order valence-electron chi connectivity index (χ4n) is 6.33. The summed E-state index contributed by atoms with van der Waals surface area (Å²) < 4.78 is 0. The molecule has 6 aromatic rings. The van der Waals surface area contributed by atoms with Crippen molar-refractivity contribution in [3.05, 3.63) is 120 Å². The predicted octanol–water partition coefficient (Wildman–Crippen LogP) is 11.9. The molecule has 0 atom stereocenters. The first-order valence-electron chi connectivity index (χ1n) is 15.3. The molecule has 0 saturated heterocycles. The zero-order chi connectivity index (χ0) is 27.3. The van der Waals surface area contributed by atoms with Crippen LogP contribution >= 0.6 is 0 Å². The Balaban J connectivity index is 1.56. The van der Waals surface area contributed by atoms with Crippen LogP contribution in [0.15, 0.2) is 109 Å². The van der Waals surface area contributed by atoms with Gasteiger partial charge in [-0.2, -0.15) is 0 Å². The maximum absolute atomic E-state index is 2.42. The van der Waals surface area contributed by atoms with Crippen molar-refractivity contribution in [2.24, 2.45) is 0 Å². The number of hydrogen-bond donors (Lipinski definition) is 0. The lowest BCUT2D eigenvalue weighted by Crippen LogP contribution is -1.92. The van der Waals surface area contributed by atoms with Crippen LogP contribution in [-0.4, -0.2) is 0 Å². The summed E-state index contributed by atoms with van der Waals surface area (Å²) in [5.41, 5.74) is 8.16. The maximum Gasteiger partial charge on any atom is -0.00264 e. The predicted molar refractivity (Wildman–Crippen MR) is 176 cm³/mol. The Labute approximate surface area is 239 Å². The standard InChI is InChI=1S/C40H40/c1-3-5-7-13-29-19-23-31(24-20-29)39-35-17-11-9-15-33(35)28-38-37(39)27-34-16-10-12-18-36(34)40(38)32-25-21-30(22-26-32)14-8-6-4-2/h9-12,15-28H,3-8,13-14H2,1-2H3. The first kappa shape index (κ1) is 26.3. The zero-order valence-corrected chi connectivity index (χ0v) is 24.0. The molecule has 0 heterocycles. The van der Waals surface area contributed by atoms with E-state index in [1.54, 1.807) is 0 Å². The van der Waals surface area contributed by atoms with Crippen molar-refractivity contribution < 1.29 is 0 Å². The van der Waals surface area contributed by atoms with Crippen molar-refractivity contribution in [1.82, 2.24) is 0 Å². The summed E-state index contributed by atoms with van der Waals surface area (Å²) in [7, 11) is 0. The van der Waals surface area contributed by atoms with Gasteiger partial charge in [0.1, 0.15) is 0 Å². The lowest BCUT2D eigenvalue weighted by Gasteiger charge is -2.18. The number of hydrogen-bond acceptors (Lipinski definition) is 0. The second-order valence-electron chi connectivity index (χ2n) is 11.3. The molecule has 0 saturated carbocycles. The molecule has 0 radical (unpaired) electrons. The monoisotopic (exact) mass is 520 g/mol. The van der Waals surface area contributed by atoms with E-state index in [0.29, 0.717) is 0 Å². The van der Waals surface area contributed by atoms with Crippen LogP contribution in [0, 0.1) is 0 Å². The molecule has 0 amide bonds. The molecule has 0 aromatic heterocycles. The Morgan fingerprint density at radius 1 is 0.400 bits per heavy atom. The van der Waals surface area contributed by atoms with Gasteiger partial charge in [-0.1, -0.05) is 137 Å². The summed E-state index contributed by atoms with van der Waals surface area (Å²) in [5, 5.41) is 7.90. The average molecular weight is 521 g/mol. The average Bonchev–Trinajstić information content (AvgIpc) is 3.00. The highest BCUT2D eigenvalue weighted by Crippen LogP contribution is 2.43. The SMILES string of the molecule is CCCCCc1ccc(-c2c3ccccc3cc3c(-c4ccc(CCCCC)cc4)c4ccccc4cc23)cc1. The largest absolute Gasteiger partial charge is 0.0654 e. The summed E-state index contributed by atoms with van der Waals surface area (Å²) in [4.78, 5) is 0. The Morgan fingerprint density at radius 2 is 0.800 bits per heavy atom. The van der Waals surface area contributed by atoms with E-state index in [1.165, 1.54) is 104 Å². The van der Waals surface area contributed by atoms with E-state index in [9.17, 15) is 0 Å². The van der Waals surface area contributed by atoms with E-state index < -0.39 is 0 Å². The molecule has 6 rings (SSSR count). The van der Waals surface area contributed by atoms with Gasteiger partial charge < -0.3 is 0 Å². The van der Waals surface area contributed by atoms with E-state index in [2.05, 4.69) is 123 Å². The minimum absolute atomic E-state index is 1.16. The molecule has 0 aliphatic heterocycles. The van der Waals surface area contributed by atoms with Gasteiger partial charge in [-0.3, -0.25) is 0 Å². The summed E-state index contributed by atoms with van der Waals surface area (Å²) >= 11 is 0. The highest BCUT2D eigenvalue weighted by Gasteiger charge is 2.16. The molecule has 0 unspecified atom stereocenters. The second kappa shape index (κ2) is 12.1. The zero-order valence-electron chi connectivity index (χ0n) is 24.0. The van der Waals surface area contributed by atoms with Crippen LogP contribution in [0.4, 0.5) is 0 Å². The van der Waals surface area contributed by atoms with Gasteiger partial charge in [-0.25, -0.2) is 0 Å². The molecule has 6 aromatic carbocycles. The van der Waals surface area contributed by atoms with E-state index in [-0.39, 0.29) is 0 Å². The Kier molecular flexibility index (Phi) is 7.96. The van der Waals surface area contributed by atoms with Crippen molar-refractivity contribution in [2.75, 3.05) is 0 Å². The summed E-state index contributed by atoms with van der Waals surface area (Å²) in [6, 6.07) is 41.4. The van der Waals surface area contributed by atoms with Crippen LogP contribution in [0.3, 0.4) is 0 Å². The van der Waals surface area contributed by atoms with Gasteiger partial charge in [-0.15, -0.1) is 0 Å². The van der Waals surface area contributed by atoms with Crippen LogP contribution in [0.25, 0.3) is 54.6 Å². The van der Waals surface area contributed by atoms with Crippen LogP contribution in [0.5, 0.6) is 0 Å². The summed E-state index contributed by atoms with van der Waals surface area (Å²) in [6.45, 7) is 4.54. The van der Waals surface area contributed by atoms with Gasteiger partial charge in [0.15, 0.2) is 0 Å². The number of unbranched alkanes of at least 4 members (excludes halogenated alkanes) is 4. The number of fused-ring (bicyclic) bond motifs is 3. The van der Waals surface area contributed by atoms with Gasteiger partial charge in [0.25, 0.3) is 0 Å². The molecule has 0 aliphatic carbocycles. The van der Waals surface area contributed by atoms with E-state index in [0.717, 1.165) is 12.8 Å². The van der Waals surface area contributed by atoms with Crippen molar-refractivity contribution in [3.63, 3.8) is 0 Å². The smallest absolute Gasteiger partial charge is 0.00264 e. The van der Waals surface area contributed by atoms with Crippen molar-refractivity contribution in [3.8, 4) is 22.3 Å². The highest BCUT2D eigenvalue weighted by molar-refractivity contribution is 6.22. The molecule has 0 fully saturated rings. The molecular formula is C40H40. The van der Waals surface area contributed by atoms with Crippen molar-refractivity contribution >= 4 is 32.3 Å². The van der Waals surface area contributed by atoms with Gasteiger partial charge in [0, 0.05) is 0 Å². The van der Waals surface area contributed by atoms with Gasteiger partial charge in [0.05, 0.1) is 0 Å². The molecule has 0 heteroatoms. The Morgan fingerprint density at radius 3 is 1.20 bits per heavy atom. The van der Waals surface area contributed by atoms with Crippen LogP contribution in [0.2, 0.25) is 0 Å². The fraction of sp³-hybridized carbons (Fsp3) is 0.250. The van der Waals surface area contributed by atoms with Crippen LogP contribution in [-0.2, 0) is 12.8 Å². The highest BCUT2D eigenvalue weighted by atomic mass is 14.2. The van der Waals surface area contributed by atoms with Gasteiger partial charge >= 0.3 is 0 Å². The maximum atomic E-state index is 2.42. The molecule has 200 valence electrons. The van der Waals surface area contributed by atoms with Gasteiger partial charge in [0.2, 0.25) is 0 Å². The lowest BCUT2D eigenvalue weighted by molar-refractivity contribution is 0.717. The third kappa shape index (κ3) is 5.28. The van der Waals surface area contributed by atoms with Crippen LogP contribution in [0.1, 0.15) is 63.5 Å². The molecule has 0 spiro atoms. The number of aryl methyl sites for hydroxylation is 2. The normalized spacial score (nSPS) is 11.6. The third-order valence-corrected chi connectivity index (χ3v) is 8.51. The minimum Gasteiger partial charge on any atom is -0.0654 e. The molecule has 0 N–H and O–H groups in total. The number of benzene rings is 6. The molecule has 0 aliphatic rings. The van der Waals surface area contributed by atoms with Gasteiger partial charge in [-0.05, 0) is 104 Å². The number of rotatable bonds is 10. The first-order valence-corrected chi connectivity index (χ1v) is 15.3. The van der Waals surface area contributed by atoms with Crippen LogP contribution < -0.4 is 0 Å². The lowest BCUT2D eigenvalue weighted by atomic mass is 9.85. The minimum atomic E-state index is 1.16. The Bertz CT molecular complexity index is 1600. The molecule has 0 bridgehead atoms. The molecular weight excluding hydrogens is 480 g/mol.